The predicted molar refractivity (Wildman–Crippen MR) is 74.0 cm³/mol. The van der Waals surface area contributed by atoms with Crippen LogP contribution in [0, 0.1) is 6.92 Å². The van der Waals surface area contributed by atoms with Crippen LogP contribution in [0.4, 0.5) is 5.69 Å². The van der Waals surface area contributed by atoms with Crippen molar-refractivity contribution in [3.05, 3.63) is 29.8 Å². The summed E-state index contributed by atoms with van der Waals surface area (Å²) in [6.45, 7) is 5.19. The number of hydrogen-bond donors (Lipinski definition) is 2. The lowest BCUT2D eigenvalue weighted by Gasteiger charge is -2.15. The molecule has 0 aromatic heterocycles. The molecule has 0 saturated carbocycles. The van der Waals surface area contributed by atoms with Crippen molar-refractivity contribution in [2.24, 2.45) is 0 Å². The number of benzene rings is 1. The van der Waals surface area contributed by atoms with Crippen molar-refractivity contribution in [3.8, 4) is 0 Å². The van der Waals surface area contributed by atoms with E-state index in [-0.39, 0.29) is 5.91 Å². The Labute approximate surface area is 111 Å². The Morgan fingerprint density at radius 2 is 1.83 bits per heavy atom. The molecule has 1 rings (SSSR count). The van der Waals surface area contributed by atoms with Gasteiger partial charge in [-0.15, -0.1) is 11.8 Å². The molecule has 5 heteroatoms. The highest BCUT2D eigenvalue weighted by molar-refractivity contribution is 8.01. The van der Waals surface area contributed by atoms with Crippen LogP contribution in [0.15, 0.2) is 24.3 Å². The second-order valence-electron chi connectivity index (χ2n) is 4.06. The van der Waals surface area contributed by atoms with Gasteiger partial charge in [-0.2, -0.15) is 0 Å². The van der Waals surface area contributed by atoms with Gasteiger partial charge in [-0.3, -0.25) is 9.59 Å². The van der Waals surface area contributed by atoms with E-state index in [1.165, 1.54) is 0 Å². The fourth-order valence-electron chi connectivity index (χ4n) is 1.37. The average Bonchev–Trinajstić information content (AvgIpc) is 2.31. The summed E-state index contributed by atoms with van der Waals surface area (Å²) in [5, 5.41) is 10.6. The average molecular weight is 267 g/mol. The monoisotopic (exact) mass is 267 g/mol. The first kappa shape index (κ1) is 14.6. The summed E-state index contributed by atoms with van der Waals surface area (Å²) < 4.78 is 0. The zero-order valence-electron chi connectivity index (χ0n) is 10.6. The Hall–Kier alpha value is -1.49. The highest BCUT2D eigenvalue weighted by atomic mass is 32.2. The molecular formula is C13H17NO3S. The van der Waals surface area contributed by atoms with Gasteiger partial charge in [0.2, 0.25) is 5.91 Å². The van der Waals surface area contributed by atoms with E-state index in [1.807, 2.05) is 31.2 Å². The molecule has 0 bridgehead atoms. The zero-order chi connectivity index (χ0) is 13.7. The number of carbonyl (C=O) groups is 2. The smallest absolute Gasteiger partial charge is 0.316 e. The third-order valence-corrected chi connectivity index (χ3v) is 3.76. The first-order valence-electron chi connectivity index (χ1n) is 5.66. The number of hydrogen-bond acceptors (Lipinski definition) is 3. The first-order chi connectivity index (χ1) is 8.41. The molecule has 0 aliphatic carbocycles. The summed E-state index contributed by atoms with van der Waals surface area (Å²) in [7, 11) is 0. The van der Waals surface area contributed by atoms with Gasteiger partial charge in [0, 0.05) is 5.69 Å². The molecule has 1 aromatic carbocycles. The van der Waals surface area contributed by atoms with Gasteiger partial charge in [0.15, 0.2) is 0 Å². The fourth-order valence-corrected chi connectivity index (χ4v) is 2.29. The quantitative estimate of drug-likeness (QED) is 0.860. The van der Waals surface area contributed by atoms with Crippen molar-refractivity contribution in [2.75, 3.05) is 5.32 Å². The maximum Gasteiger partial charge on any atom is 0.316 e. The lowest BCUT2D eigenvalue weighted by molar-refractivity contribution is -0.136. The van der Waals surface area contributed by atoms with Crippen LogP contribution in [0.1, 0.15) is 19.4 Å². The summed E-state index contributed by atoms with van der Waals surface area (Å²) in [6.07, 6.45) is 0. The third kappa shape index (κ3) is 4.07. The molecule has 0 saturated heterocycles. The van der Waals surface area contributed by atoms with Crippen molar-refractivity contribution in [1.82, 2.24) is 0 Å². The van der Waals surface area contributed by atoms with E-state index in [4.69, 9.17) is 5.11 Å². The number of carbonyl (C=O) groups excluding carboxylic acids is 1. The third-order valence-electron chi connectivity index (χ3n) is 2.53. The second kappa shape index (κ2) is 6.44. The zero-order valence-corrected chi connectivity index (χ0v) is 11.5. The number of thioether (sulfide) groups is 1. The topological polar surface area (TPSA) is 66.4 Å². The van der Waals surface area contributed by atoms with E-state index < -0.39 is 16.5 Å². The van der Waals surface area contributed by atoms with Crippen molar-refractivity contribution in [3.63, 3.8) is 0 Å². The lowest BCUT2D eigenvalue weighted by Crippen LogP contribution is -2.26. The number of amides is 1. The van der Waals surface area contributed by atoms with Crippen molar-refractivity contribution in [1.29, 1.82) is 0 Å². The van der Waals surface area contributed by atoms with Crippen molar-refractivity contribution >= 4 is 29.3 Å². The summed E-state index contributed by atoms with van der Waals surface area (Å²) in [4.78, 5) is 22.6. The van der Waals surface area contributed by atoms with Crippen LogP contribution in [-0.4, -0.2) is 27.5 Å². The molecule has 0 spiro atoms. The van der Waals surface area contributed by atoms with Gasteiger partial charge >= 0.3 is 5.97 Å². The molecule has 0 aliphatic rings. The van der Waals surface area contributed by atoms with Gasteiger partial charge in [-0.05, 0) is 32.4 Å². The van der Waals surface area contributed by atoms with Gasteiger partial charge in [0.25, 0.3) is 0 Å². The van der Waals surface area contributed by atoms with Crippen molar-refractivity contribution < 1.29 is 14.7 Å². The van der Waals surface area contributed by atoms with Crippen LogP contribution >= 0.6 is 11.8 Å². The molecule has 0 fully saturated rings. The minimum Gasteiger partial charge on any atom is -0.480 e. The lowest BCUT2D eigenvalue weighted by atomic mass is 10.2. The molecular weight excluding hydrogens is 250 g/mol. The van der Waals surface area contributed by atoms with E-state index in [2.05, 4.69) is 5.32 Å². The molecule has 1 amide bonds. The van der Waals surface area contributed by atoms with Crippen LogP contribution in [0.3, 0.4) is 0 Å². The molecule has 98 valence electrons. The van der Waals surface area contributed by atoms with Gasteiger partial charge in [0.05, 0.1) is 5.25 Å². The van der Waals surface area contributed by atoms with Crippen LogP contribution < -0.4 is 5.32 Å². The molecule has 4 nitrogen and oxygen atoms in total. The van der Waals surface area contributed by atoms with E-state index in [0.29, 0.717) is 0 Å². The Morgan fingerprint density at radius 1 is 1.22 bits per heavy atom. The Bertz CT molecular complexity index is 448. The maximum absolute atomic E-state index is 11.9. The van der Waals surface area contributed by atoms with Gasteiger partial charge in [-0.1, -0.05) is 18.2 Å². The van der Waals surface area contributed by atoms with Gasteiger partial charge < -0.3 is 10.4 Å². The number of anilines is 1. The summed E-state index contributed by atoms with van der Waals surface area (Å²) in [5.74, 6) is -1.09. The maximum atomic E-state index is 11.9. The Balaban J connectivity index is 2.61. The highest BCUT2D eigenvalue weighted by Crippen LogP contribution is 2.20. The highest BCUT2D eigenvalue weighted by Gasteiger charge is 2.21. The van der Waals surface area contributed by atoms with Crippen LogP contribution in [0.25, 0.3) is 0 Å². The normalized spacial score (nSPS) is 13.7. The molecule has 1 aromatic rings. The number of para-hydroxylation sites is 1. The standard InChI is InChI=1S/C13H17NO3S/c1-8-6-4-5-7-11(8)14-12(15)9(2)18-10(3)13(16)17/h4-7,9-10H,1-3H3,(H,14,15)(H,16,17). The molecule has 0 aliphatic heterocycles. The van der Waals surface area contributed by atoms with Crippen molar-refractivity contribution in [2.45, 2.75) is 31.3 Å². The predicted octanol–water partition coefficient (Wildman–Crippen LogP) is 2.53. The van der Waals surface area contributed by atoms with E-state index in [9.17, 15) is 9.59 Å². The summed E-state index contributed by atoms with van der Waals surface area (Å²) in [5.41, 5.74) is 1.74. The second-order valence-corrected chi connectivity index (χ2v) is 5.75. The van der Waals surface area contributed by atoms with Crippen LogP contribution in [0.5, 0.6) is 0 Å². The number of carboxylic acid groups (broad SMARTS) is 1. The summed E-state index contributed by atoms with van der Waals surface area (Å²) >= 11 is 1.13. The minimum absolute atomic E-state index is 0.178. The van der Waals surface area contributed by atoms with Crippen LogP contribution in [0.2, 0.25) is 0 Å². The molecule has 18 heavy (non-hydrogen) atoms. The molecule has 2 atom stereocenters. The number of nitrogens with one attached hydrogen (secondary N) is 1. The molecule has 2 unspecified atom stereocenters. The van der Waals surface area contributed by atoms with E-state index in [0.717, 1.165) is 23.0 Å². The Morgan fingerprint density at radius 3 is 2.39 bits per heavy atom. The van der Waals surface area contributed by atoms with Gasteiger partial charge in [-0.25, -0.2) is 0 Å². The molecule has 0 radical (unpaired) electrons. The SMILES string of the molecule is Cc1ccccc1NC(=O)C(C)SC(C)C(=O)O. The first-order valence-corrected chi connectivity index (χ1v) is 6.61. The van der Waals surface area contributed by atoms with E-state index >= 15 is 0 Å². The summed E-state index contributed by atoms with van der Waals surface area (Å²) in [6, 6.07) is 7.48. The molecule has 2 N–H and O–H groups in total. The largest absolute Gasteiger partial charge is 0.480 e. The van der Waals surface area contributed by atoms with Gasteiger partial charge in [0.1, 0.15) is 5.25 Å². The molecule has 0 heterocycles. The Kier molecular flexibility index (Phi) is 5.22. The number of carboxylic acids is 1. The number of aliphatic carboxylic acids is 1. The number of aryl methyl sites for hydroxylation is 1. The van der Waals surface area contributed by atoms with E-state index in [1.54, 1.807) is 13.8 Å². The number of rotatable bonds is 5. The van der Waals surface area contributed by atoms with Crippen LogP contribution in [-0.2, 0) is 9.59 Å². The fraction of sp³-hybridized carbons (Fsp3) is 0.385. The minimum atomic E-state index is -0.907.